The van der Waals surface area contributed by atoms with Crippen molar-refractivity contribution in [3.05, 3.63) is 11.9 Å². The van der Waals surface area contributed by atoms with Crippen LogP contribution in [0.3, 0.4) is 0 Å². The quantitative estimate of drug-likeness (QED) is 0.691. The molecule has 5 heteroatoms. The Bertz CT molecular complexity index is 265. The smallest absolute Gasteiger partial charge is 0.241 e. The van der Waals surface area contributed by atoms with Gasteiger partial charge in [0.1, 0.15) is 5.69 Å². The van der Waals surface area contributed by atoms with Crippen LogP contribution in [0.4, 0.5) is 0 Å². The van der Waals surface area contributed by atoms with Crippen LogP contribution >= 0.6 is 0 Å². The molecule has 0 aliphatic heterocycles. The standard InChI is InChI=1S/C7H10N2O3/c1-11-6-3-8-5(4-10)7(9-6)12-2/h3,10H,4H2,1-2H3. The van der Waals surface area contributed by atoms with E-state index in [-0.39, 0.29) is 12.5 Å². The summed E-state index contributed by atoms with van der Waals surface area (Å²) >= 11 is 0. The molecule has 0 bridgehead atoms. The van der Waals surface area contributed by atoms with E-state index < -0.39 is 0 Å². The van der Waals surface area contributed by atoms with Gasteiger partial charge in [-0.15, -0.1) is 0 Å². The fraction of sp³-hybridized carbons (Fsp3) is 0.429. The van der Waals surface area contributed by atoms with E-state index >= 15 is 0 Å². The van der Waals surface area contributed by atoms with Crippen molar-refractivity contribution in [3.8, 4) is 11.8 Å². The first-order valence-corrected chi connectivity index (χ1v) is 3.36. The Hall–Kier alpha value is -1.36. The molecule has 1 aromatic rings. The molecule has 66 valence electrons. The zero-order chi connectivity index (χ0) is 8.97. The lowest BCUT2D eigenvalue weighted by Gasteiger charge is -2.04. The molecule has 0 aromatic carbocycles. The minimum Gasteiger partial charge on any atom is -0.480 e. The van der Waals surface area contributed by atoms with Crippen LogP contribution in [0.25, 0.3) is 0 Å². The summed E-state index contributed by atoms with van der Waals surface area (Å²) in [6.45, 7) is -0.194. The van der Waals surface area contributed by atoms with Crippen molar-refractivity contribution in [2.45, 2.75) is 6.61 Å². The van der Waals surface area contributed by atoms with Gasteiger partial charge in [0.05, 0.1) is 27.0 Å². The summed E-state index contributed by atoms with van der Waals surface area (Å²) < 4.78 is 9.69. The van der Waals surface area contributed by atoms with Crippen molar-refractivity contribution in [1.82, 2.24) is 9.97 Å². The third-order valence-corrected chi connectivity index (χ3v) is 1.34. The molecule has 0 aliphatic rings. The van der Waals surface area contributed by atoms with Gasteiger partial charge in [-0.25, -0.2) is 4.98 Å². The minimum absolute atomic E-state index is 0.194. The highest BCUT2D eigenvalue weighted by Gasteiger charge is 2.06. The van der Waals surface area contributed by atoms with Crippen LogP contribution in [-0.2, 0) is 6.61 Å². The first kappa shape index (κ1) is 8.73. The second-order valence-corrected chi connectivity index (χ2v) is 2.03. The summed E-state index contributed by atoms with van der Waals surface area (Å²) in [5.41, 5.74) is 0.401. The average Bonchev–Trinajstić information content (AvgIpc) is 2.16. The van der Waals surface area contributed by atoms with Crippen LogP contribution in [-0.4, -0.2) is 29.3 Å². The van der Waals surface area contributed by atoms with Gasteiger partial charge in [-0.05, 0) is 0 Å². The molecular weight excluding hydrogens is 160 g/mol. The summed E-state index contributed by atoms with van der Waals surface area (Å²) in [7, 11) is 2.95. The number of ether oxygens (including phenoxy) is 2. The molecule has 1 heterocycles. The van der Waals surface area contributed by atoms with Gasteiger partial charge >= 0.3 is 0 Å². The Labute approximate surface area is 70.0 Å². The summed E-state index contributed by atoms with van der Waals surface area (Å²) in [6, 6.07) is 0. The van der Waals surface area contributed by atoms with Crippen molar-refractivity contribution in [1.29, 1.82) is 0 Å². The van der Waals surface area contributed by atoms with E-state index in [9.17, 15) is 0 Å². The number of rotatable bonds is 3. The molecule has 0 unspecified atom stereocenters. The van der Waals surface area contributed by atoms with Crippen LogP contribution in [0.2, 0.25) is 0 Å². The SMILES string of the molecule is COc1cnc(CO)c(OC)n1. The monoisotopic (exact) mass is 170 g/mol. The molecule has 0 saturated heterocycles. The highest BCUT2D eigenvalue weighted by molar-refractivity contribution is 5.21. The van der Waals surface area contributed by atoms with Gasteiger partial charge in [-0.3, -0.25) is 0 Å². The lowest BCUT2D eigenvalue weighted by atomic mass is 10.4. The lowest BCUT2D eigenvalue weighted by molar-refractivity contribution is 0.263. The molecule has 0 atom stereocenters. The molecule has 1 aromatic heterocycles. The van der Waals surface area contributed by atoms with Gasteiger partial charge in [-0.2, -0.15) is 4.98 Å². The molecule has 5 nitrogen and oxygen atoms in total. The third kappa shape index (κ3) is 1.62. The number of nitrogens with zero attached hydrogens (tertiary/aromatic N) is 2. The van der Waals surface area contributed by atoms with Gasteiger partial charge in [0.25, 0.3) is 0 Å². The van der Waals surface area contributed by atoms with E-state index in [4.69, 9.17) is 14.6 Å². The van der Waals surface area contributed by atoms with E-state index in [1.807, 2.05) is 0 Å². The Kier molecular flexibility index (Phi) is 2.82. The van der Waals surface area contributed by atoms with Crippen molar-refractivity contribution in [2.75, 3.05) is 14.2 Å². The fourth-order valence-electron chi connectivity index (χ4n) is 0.752. The predicted octanol–water partition coefficient (Wildman–Crippen LogP) is -0.0139. The number of aliphatic hydroxyl groups is 1. The largest absolute Gasteiger partial charge is 0.480 e. The lowest BCUT2D eigenvalue weighted by Crippen LogP contribution is -2.00. The van der Waals surface area contributed by atoms with E-state index in [1.165, 1.54) is 20.4 Å². The maximum atomic E-state index is 8.79. The molecule has 0 spiro atoms. The first-order chi connectivity index (χ1) is 5.81. The average molecular weight is 170 g/mol. The Morgan fingerprint density at radius 2 is 2.17 bits per heavy atom. The molecule has 0 aliphatic carbocycles. The van der Waals surface area contributed by atoms with E-state index in [1.54, 1.807) is 0 Å². The maximum absolute atomic E-state index is 8.79. The zero-order valence-electron chi connectivity index (χ0n) is 6.94. The van der Waals surface area contributed by atoms with Crippen LogP contribution in [0.5, 0.6) is 11.8 Å². The highest BCUT2D eigenvalue weighted by Crippen LogP contribution is 2.15. The van der Waals surface area contributed by atoms with Gasteiger partial charge < -0.3 is 14.6 Å². The normalized spacial score (nSPS) is 9.58. The van der Waals surface area contributed by atoms with Crippen LogP contribution in [0.1, 0.15) is 5.69 Å². The second-order valence-electron chi connectivity index (χ2n) is 2.03. The number of aliphatic hydroxyl groups excluding tert-OH is 1. The highest BCUT2D eigenvalue weighted by atomic mass is 16.5. The Morgan fingerprint density at radius 3 is 2.67 bits per heavy atom. The number of hydrogen-bond donors (Lipinski definition) is 1. The molecule has 1 rings (SSSR count). The zero-order valence-corrected chi connectivity index (χ0v) is 6.94. The number of hydrogen-bond acceptors (Lipinski definition) is 5. The molecule has 0 amide bonds. The van der Waals surface area contributed by atoms with E-state index in [2.05, 4.69) is 9.97 Å². The fourth-order valence-corrected chi connectivity index (χ4v) is 0.752. The number of aromatic nitrogens is 2. The summed E-state index contributed by atoms with van der Waals surface area (Å²) in [4.78, 5) is 7.79. The van der Waals surface area contributed by atoms with Crippen molar-refractivity contribution in [3.63, 3.8) is 0 Å². The van der Waals surface area contributed by atoms with E-state index in [0.29, 0.717) is 11.6 Å². The summed E-state index contributed by atoms with van der Waals surface area (Å²) in [5, 5.41) is 8.79. The predicted molar refractivity (Wildman–Crippen MR) is 41.1 cm³/mol. The van der Waals surface area contributed by atoms with Crippen LogP contribution in [0, 0.1) is 0 Å². The second kappa shape index (κ2) is 3.87. The Morgan fingerprint density at radius 1 is 1.42 bits per heavy atom. The molecular formula is C7H10N2O3. The van der Waals surface area contributed by atoms with Crippen LogP contribution in [0.15, 0.2) is 6.20 Å². The van der Waals surface area contributed by atoms with Gasteiger partial charge in [-0.1, -0.05) is 0 Å². The molecule has 0 fully saturated rings. The molecule has 12 heavy (non-hydrogen) atoms. The van der Waals surface area contributed by atoms with Gasteiger partial charge in [0.15, 0.2) is 0 Å². The topological polar surface area (TPSA) is 64.5 Å². The Balaban J connectivity index is 3.02. The summed E-state index contributed by atoms with van der Waals surface area (Å²) in [6.07, 6.45) is 1.42. The molecule has 0 saturated carbocycles. The van der Waals surface area contributed by atoms with E-state index in [0.717, 1.165) is 0 Å². The van der Waals surface area contributed by atoms with Crippen molar-refractivity contribution < 1.29 is 14.6 Å². The molecule has 0 radical (unpaired) electrons. The first-order valence-electron chi connectivity index (χ1n) is 3.36. The van der Waals surface area contributed by atoms with Gasteiger partial charge in [0, 0.05) is 0 Å². The maximum Gasteiger partial charge on any atom is 0.241 e. The minimum atomic E-state index is -0.194. The van der Waals surface area contributed by atoms with Crippen molar-refractivity contribution in [2.24, 2.45) is 0 Å². The molecule has 1 N–H and O–H groups in total. The number of methoxy groups -OCH3 is 2. The summed E-state index contributed by atoms with van der Waals surface area (Å²) in [5.74, 6) is 0.654. The third-order valence-electron chi connectivity index (χ3n) is 1.34. The van der Waals surface area contributed by atoms with Crippen molar-refractivity contribution >= 4 is 0 Å². The van der Waals surface area contributed by atoms with Gasteiger partial charge in [0.2, 0.25) is 11.8 Å². The van der Waals surface area contributed by atoms with Crippen LogP contribution < -0.4 is 9.47 Å².